The molecule has 0 atom stereocenters. The molecule has 7 heavy (non-hydrogen) atoms. The molecule has 0 aliphatic rings. The van der Waals surface area contributed by atoms with E-state index >= 15 is 0 Å². The quantitative estimate of drug-likeness (QED) is 0.267. The summed E-state index contributed by atoms with van der Waals surface area (Å²) in [5.41, 5.74) is 0. The SMILES string of the molecule is O=[N+]([O-])[O-].[Cl-].[La+3].[Ti+2]. The molecule has 0 aliphatic heterocycles. The molecule has 34 valence electrons. The van der Waals surface area contributed by atoms with E-state index in [0.717, 1.165) is 0 Å². The Hall–Kier alpha value is 1.40. The molecule has 0 N–H and O–H groups in total. The summed E-state index contributed by atoms with van der Waals surface area (Å²) in [4.78, 5) is 8.25. The van der Waals surface area contributed by atoms with Crippen LogP contribution in [0.3, 0.4) is 0 Å². The first-order valence-electron chi connectivity index (χ1n) is 0.548. The second-order valence-corrected chi connectivity index (χ2v) is 0.224. The Morgan fingerprint density at radius 3 is 1.29 bits per heavy atom. The van der Waals surface area contributed by atoms with Crippen molar-refractivity contribution in [3.05, 3.63) is 15.3 Å². The van der Waals surface area contributed by atoms with Crippen LogP contribution in [0.4, 0.5) is 0 Å². The first-order chi connectivity index (χ1) is 1.73. The van der Waals surface area contributed by atoms with Gasteiger partial charge in [-0.25, -0.2) is 0 Å². The molecule has 0 aromatic carbocycles. The van der Waals surface area contributed by atoms with E-state index in [1.807, 2.05) is 0 Å². The first kappa shape index (κ1) is 23.8. The zero-order valence-electron chi connectivity index (χ0n) is 3.13. The van der Waals surface area contributed by atoms with Gasteiger partial charge >= 0.3 is 57.3 Å². The number of nitrogens with zero attached hydrogens (tertiary/aromatic N) is 1. The molecule has 0 saturated carbocycles. The van der Waals surface area contributed by atoms with Crippen molar-refractivity contribution >= 4 is 0 Å². The van der Waals surface area contributed by atoms with Crippen molar-refractivity contribution in [2.75, 3.05) is 0 Å². The maximum atomic E-state index is 8.25. The van der Waals surface area contributed by atoms with Crippen molar-refractivity contribution in [2.45, 2.75) is 0 Å². The summed E-state index contributed by atoms with van der Waals surface area (Å²) in [6, 6.07) is 0. The molecule has 0 spiro atoms. The first-order valence-corrected chi connectivity index (χ1v) is 0.548. The normalized spacial score (nSPS) is 3.43. The Morgan fingerprint density at radius 2 is 1.29 bits per heavy atom. The maximum absolute atomic E-state index is 8.25. The van der Waals surface area contributed by atoms with Crippen LogP contribution in [0.1, 0.15) is 0 Å². The summed E-state index contributed by atoms with van der Waals surface area (Å²) in [6.07, 6.45) is 0. The molecule has 0 amide bonds. The summed E-state index contributed by atoms with van der Waals surface area (Å²) < 4.78 is 0. The third kappa shape index (κ3) is 110. The molecule has 0 rings (SSSR count). The predicted octanol–water partition coefficient (Wildman–Crippen LogP) is -3.24. The fourth-order valence-corrected chi connectivity index (χ4v) is 0. The van der Waals surface area contributed by atoms with Gasteiger partial charge < -0.3 is 27.7 Å². The van der Waals surface area contributed by atoms with Gasteiger partial charge in [0.15, 0.2) is 0 Å². The smallest absolute Gasteiger partial charge is 1.00 e. The molecule has 4 nitrogen and oxygen atoms in total. The van der Waals surface area contributed by atoms with Crippen molar-refractivity contribution < 1.29 is 74.8 Å². The molecule has 0 aliphatic carbocycles. The minimum Gasteiger partial charge on any atom is -1.00 e. The van der Waals surface area contributed by atoms with E-state index in [2.05, 4.69) is 0 Å². The van der Waals surface area contributed by atoms with Crippen LogP contribution in [0.25, 0.3) is 0 Å². The average Bonchev–Trinajstić information content (AvgIpc) is 0.811. The Balaban J connectivity index is -0.0000000150. The van der Waals surface area contributed by atoms with Crippen LogP contribution >= 0.6 is 0 Å². The molecule has 0 fully saturated rings. The number of rotatable bonds is 0. The predicted molar refractivity (Wildman–Crippen MR) is 10.4 cm³/mol. The minimum absolute atomic E-state index is 0. The van der Waals surface area contributed by atoms with Gasteiger partial charge in [0.05, 0.1) is 5.09 Å². The maximum Gasteiger partial charge on any atom is 3.00 e. The molecule has 0 aromatic heterocycles. The van der Waals surface area contributed by atoms with Gasteiger partial charge in [-0.3, -0.25) is 0 Å². The van der Waals surface area contributed by atoms with Crippen molar-refractivity contribution in [3.63, 3.8) is 0 Å². The molecule has 7 heteroatoms. The summed E-state index contributed by atoms with van der Waals surface area (Å²) in [5, 5.41) is 14.8. The Kier molecular flexibility index (Phi) is 53.1. The van der Waals surface area contributed by atoms with Gasteiger partial charge in [-0.2, -0.15) is 0 Å². The van der Waals surface area contributed by atoms with Crippen molar-refractivity contribution in [3.8, 4) is 0 Å². The zero-order chi connectivity index (χ0) is 3.58. The third-order valence-corrected chi connectivity index (χ3v) is 0. The number of halogens is 1. The number of hydrogen-bond acceptors (Lipinski definition) is 3. The van der Waals surface area contributed by atoms with Gasteiger partial charge in [0.2, 0.25) is 0 Å². The fraction of sp³-hybridized carbons (Fsp3) is 0. The zero-order valence-corrected chi connectivity index (χ0v) is 9.07. The van der Waals surface area contributed by atoms with Gasteiger partial charge in [0.1, 0.15) is 0 Å². The Labute approximate surface area is 89.0 Å². The average molecular weight is 284 g/mol. The topological polar surface area (TPSA) is 66.2 Å². The van der Waals surface area contributed by atoms with E-state index in [1.165, 1.54) is 0 Å². The van der Waals surface area contributed by atoms with E-state index in [-0.39, 0.29) is 69.7 Å². The fourth-order valence-electron chi connectivity index (χ4n) is 0. The molecule has 0 saturated heterocycles. The van der Waals surface area contributed by atoms with E-state index in [4.69, 9.17) is 15.3 Å². The monoisotopic (exact) mass is 284 g/mol. The van der Waals surface area contributed by atoms with E-state index < -0.39 is 5.09 Å². The summed E-state index contributed by atoms with van der Waals surface area (Å²) >= 11 is 0. The molecular formula is ClLaNO3Ti+3. The van der Waals surface area contributed by atoms with Gasteiger partial charge in [-0.15, -0.1) is 0 Å². The molecule has 0 unspecified atom stereocenters. The largest absolute Gasteiger partial charge is 3.00 e. The van der Waals surface area contributed by atoms with Gasteiger partial charge in [-0.05, 0) is 0 Å². The molecule has 0 radical (unpaired) electrons. The van der Waals surface area contributed by atoms with Gasteiger partial charge in [0.25, 0.3) is 0 Å². The van der Waals surface area contributed by atoms with Crippen LogP contribution in [-0.2, 0) is 21.7 Å². The van der Waals surface area contributed by atoms with Crippen molar-refractivity contribution in [2.24, 2.45) is 0 Å². The van der Waals surface area contributed by atoms with Crippen LogP contribution in [0.2, 0.25) is 0 Å². The van der Waals surface area contributed by atoms with Crippen LogP contribution in [0.5, 0.6) is 0 Å². The third-order valence-electron chi connectivity index (χ3n) is 0. The minimum atomic E-state index is -1.75. The summed E-state index contributed by atoms with van der Waals surface area (Å²) in [7, 11) is 0. The summed E-state index contributed by atoms with van der Waals surface area (Å²) in [6.45, 7) is 0. The molecule has 0 heterocycles. The second kappa shape index (κ2) is 15.7. The Bertz CT molecular complexity index is 37.9. The van der Waals surface area contributed by atoms with Crippen LogP contribution < -0.4 is 12.4 Å². The van der Waals surface area contributed by atoms with Gasteiger partial charge in [-0.1, -0.05) is 0 Å². The van der Waals surface area contributed by atoms with Crippen molar-refractivity contribution in [1.29, 1.82) is 0 Å². The van der Waals surface area contributed by atoms with E-state index in [1.54, 1.807) is 0 Å². The Morgan fingerprint density at radius 1 is 1.29 bits per heavy atom. The molecular weight excluding hydrogens is 284 g/mol. The summed E-state index contributed by atoms with van der Waals surface area (Å²) in [5.74, 6) is 0. The van der Waals surface area contributed by atoms with Crippen LogP contribution in [0, 0.1) is 50.9 Å². The van der Waals surface area contributed by atoms with Crippen LogP contribution in [-0.4, -0.2) is 5.09 Å². The van der Waals surface area contributed by atoms with E-state index in [0.29, 0.717) is 0 Å². The van der Waals surface area contributed by atoms with Crippen molar-refractivity contribution in [1.82, 2.24) is 0 Å². The van der Waals surface area contributed by atoms with Crippen LogP contribution in [0.15, 0.2) is 0 Å². The van der Waals surface area contributed by atoms with Gasteiger partial charge in [0, 0.05) is 0 Å². The van der Waals surface area contributed by atoms with E-state index in [9.17, 15) is 0 Å². The number of hydrogen-bond donors (Lipinski definition) is 0. The standard InChI is InChI=1S/ClH.La.NO3.Ti/c;;2-1(3)4;/h1H;;;/q;+3;-1;+2/p-1. The molecule has 0 aromatic rings. The molecule has 0 bridgehead atoms. The second-order valence-electron chi connectivity index (χ2n) is 0.224.